The SMILES string of the molecule is COc1cc(C(C)C)ccc1CCNC(C)(C)C. The highest BCUT2D eigenvalue weighted by Gasteiger charge is 2.10. The maximum atomic E-state index is 5.49. The highest BCUT2D eigenvalue weighted by atomic mass is 16.5. The molecule has 0 spiro atoms. The van der Waals surface area contributed by atoms with Crippen molar-refractivity contribution in [3.63, 3.8) is 0 Å². The lowest BCUT2D eigenvalue weighted by molar-refractivity contribution is 0.402. The Labute approximate surface area is 112 Å². The third-order valence-corrected chi connectivity index (χ3v) is 3.03. The van der Waals surface area contributed by atoms with Crippen LogP contribution in [0.4, 0.5) is 0 Å². The summed E-state index contributed by atoms with van der Waals surface area (Å²) in [6.45, 7) is 11.9. The standard InChI is InChI=1S/C16H27NO/c1-12(2)14-8-7-13(15(11-14)18-6)9-10-17-16(3,4)5/h7-8,11-12,17H,9-10H2,1-6H3. The lowest BCUT2D eigenvalue weighted by Crippen LogP contribution is -2.37. The zero-order chi connectivity index (χ0) is 13.8. The van der Waals surface area contributed by atoms with Gasteiger partial charge in [0.2, 0.25) is 0 Å². The van der Waals surface area contributed by atoms with Gasteiger partial charge in [-0.25, -0.2) is 0 Å². The van der Waals surface area contributed by atoms with Gasteiger partial charge in [0.25, 0.3) is 0 Å². The average molecular weight is 249 g/mol. The smallest absolute Gasteiger partial charge is 0.122 e. The van der Waals surface area contributed by atoms with Crippen molar-refractivity contribution in [1.29, 1.82) is 0 Å². The van der Waals surface area contributed by atoms with Crippen LogP contribution < -0.4 is 10.1 Å². The van der Waals surface area contributed by atoms with E-state index >= 15 is 0 Å². The molecule has 1 aromatic rings. The minimum Gasteiger partial charge on any atom is -0.496 e. The number of benzene rings is 1. The molecule has 0 heterocycles. The predicted octanol–water partition coefficient (Wildman–Crippen LogP) is 3.75. The van der Waals surface area contributed by atoms with E-state index in [1.54, 1.807) is 7.11 Å². The van der Waals surface area contributed by atoms with E-state index in [4.69, 9.17) is 4.74 Å². The van der Waals surface area contributed by atoms with Crippen molar-refractivity contribution in [3.8, 4) is 5.75 Å². The van der Waals surface area contributed by atoms with E-state index < -0.39 is 0 Å². The first-order valence-electron chi connectivity index (χ1n) is 6.75. The van der Waals surface area contributed by atoms with Gasteiger partial charge in [0.15, 0.2) is 0 Å². The van der Waals surface area contributed by atoms with Crippen molar-refractivity contribution in [2.24, 2.45) is 0 Å². The Morgan fingerprint density at radius 3 is 2.39 bits per heavy atom. The van der Waals surface area contributed by atoms with E-state index in [1.165, 1.54) is 11.1 Å². The van der Waals surface area contributed by atoms with Crippen LogP contribution in [0.5, 0.6) is 5.75 Å². The maximum Gasteiger partial charge on any atom is 0.122 e. The van der Waals surface area contributed by atoms with E-state index in [9.17, 15) is 0 Å². The molecule has 1 N–H and O–H groups in total. The molecule has 2 heteroatoms. The molecule has 0 amide bonds. The molecule has 0 saturated carbocycles. The highest BCUT2D eigenvalue weighted by Crippen LogP contribution is 2.25. The largest absolute Gasteiger partial charge is 0.496 e. The van der Waals surface area contributed by atoms with Crippen LogP contribution in [0.2, 0.25) is 0 Å². The van der Waals surface area contributed by atoms with Gasteiger partial charge in [-0.1, -0.05) is 26.0 Å². The Kier molecular flexibility index (Phi) is 5.21. The second kappa shape index (κ2) is 6.24. The lowest BCUT2D eigenvalue weighted by Gasteiger charge is -2.21. The monoisotopic (exact) mass is 249 g/mol. The number of rotatable bonds is 5. The molecule has 0 aromatic heterocycles. The zero-order valence-corrected chi connectivity index (χ0v) is 12.6. The number of ether oxygens (including phenoxy) is 1. The summed E-state index contributed by atoms with van der Waals surface area (Å²) in [5, 5.41) is 3.50. The van der Waals surface area contributed by atoms with Gasteiger partial charge in [0.1, 0.15) is 5.75 Å². The van der Waals surface area contributed by atoms with E-state index in [1.807, 2.05) is 0 Å². The normalized spacial score (nSPS) is 11.9. The third-order valence-electron chi connectivity index (χ3n) is 3.03. The van der Waals surface area contributed by atoms with Gasteiger partial charge >= 0.3 is 0 Å². The average Bonchev–Trinajstić information content (AvgIpc) is 2.27. The van der Waals surface area contributed by atoms with Crippen LogP contribution in [0.15, 0.2) is 18.2 Å². The molecule has 102 valence electrons. The van der Waals surface area contributed by atoms with E-state index in [2.05, 4.69) is 58.1 Å². The third kappa shape index (κ3) is 4.69. The molecule has 2 nitrogen and oxygen atoms in total. The fraction of sp³-hybridized carbons (Fsp3) is 0.625. The Morgan fingerprint density at radius 1 is 1.22 bits per heavy atom. The number of hydrogen-bond donors (Lipinski definition) is 1. The molecule has 0 aliphatic rings. The van der Waals surface area contributed by atoms with Crippen LogP contribution in [0.25, 0.3) is 0 Å². The molecule has 1 rings (SSSR count). The molecule has 0 radical (unpaired) electrons. The van der Waals surface area contributed by atoms with E-state index in [-0.39, 0.29) is 5.54 Å². The second-order valence-electron chi connectivity index (χ2n) is 6.15. The van der Waals surface area contributed by atoms with Crippen LogP contribution in [-0.2, 0) is 6.42 Å². The first-order valence-corrected chi connectivity index (χ1v) is 6.75. The summed E-state index contributed by atoms with van der Waals surface area (Å²) in [4.78, 5) is 0. The van der Waals surface area contributed by atoms with Gasteiger partial charge in [-0.05, 0) is 56.8 Å². The Balaban J connectivity index is 2.71. The molecule has 0 aliphatic heterocycles. The first-order chi connectivity index (χ1) is 8.33. The van der Waals surface area contributed by atoms with Gasteiger partial charge in [0, 0.05) is 5.54 Å². The highest BCUT2D eigenvalue weighted by molar-refractivity contribution is 5.38. The van der Waals surface area contributed by atoms with Gasteiger partial charge in [-0.3, -0.25) is 0 Å². The molecule has 0 fully saturated rings. The first kappa shape index (κ1) is 15.0. The molecule has 1 aromatic carbocycles. The fourth-order valence-electron chi connectivity index (χ4n) is 1.90. The fourth-order valence-corrected chi connectivity index (χ4v) is 1.90. The van der Waals surface area contributed by atoms with Crippen molar-refractivity contribution in [3.05, 3.63) is 29.3 Å². The summed E-state index contributed by atoms with van der Waals surface area (Å²) < 4.78 is 5.49. The van der Waals surface area contributed by atoms with Crippen molar-refractivity contribution in [2.45, 2.75) is 52.5 Å². The summed E-state index contributed by atoms with van der Waals surface area (Å²) in [6, 6.07) is 6.56. The van der Waals surface area contributed by atoms with E-state index in [0.29, 0.717) is 5.92 Å². The Morgan fingerprint density at radius 2 is 1.89 bits per heavy atom. The molecule has 0 bridgehead atoms. The number of hydrogen-bond acceptors (Lipinski definition) is 2. The number of nitrogens with one attached hydrogen (secondary N) is 1. The van der Waals surface area contributed by atoms with Crippen molar-refractivity contribution in [1.82, 2.24) is 5.32 Å². The summed E-state index contributed by atoms with van der Waals surface area (Å²) in [5.74, 6) is 1.55. The maximum absolute atomic E-state index is 5.49. The lowest BCUT2D eigenvalue weighted by atomic mass is 9.99. The minimum absolute atomic E-state index is 0.172. The summed E-state index contributed by atoms with van der Waals surface area (Å²) in [5.41, 5.74) is 2.78. The van der Waals surface area contributed by atoms with E-state index in [0.717, 1.165) is 18.7 Å². The minimum atomic E-state index is 0.172. The van der Waals surface area contributed by atoms with Crippen molar-refractivity contribution >= 4 is 0 Å². The molecular formula is C16H27NO. The second-order valence-corrected chi connectivity index (χ2v) is 6.15. The molecule has 0 unspecified atom stereocenters. The van der Waals surface area contributed by atoms with Crippen LogP contribution in [-0.4, -0.2) is 19.2 Å². The molecule has 18 heavy (non-hydrogen) atoms. The van der Waals surface area contributed by atoms with Crippen LogP contribution in [0.3, 0.4) is 0 Å². The molecule has 0 aliphatic carbocycles. The predicted molar refractivity (Wildman–Crippen MR) is 78.5 cm³/mol. The molecule has 0 atom stereocenters. The summed E-state index contributed by atoms with van der Waals surface area (Å²) in [6.07, 6.45) is 0.999. The summed E-state index contributed by atoms with van der Waals surface area (Å²) in [7, 11) is 1.75. The van der Waals surface area contributed by atoms with Crippen LogP contribution in [0, 0.1) is 0 Å². The Bertz CT molecular complexity index is 377. The van der Waals surface area contributed by atoms with Crippen molar-refractivity contribution < 1.29 is 4.74 Å². The van der Waals surface area contributed by atoms with Crippen molar-refractivity contribution in [2.75, 3.05) is 13.7 Å². The number of methoxy groups -OCH3 is 1. The van der Waals surface area contributed by atoms with Gasteiger partial charge < -0.3 is 10.1 Å². The summed E-state index contributed by atoms with van der Waals surface area (Å²) >= 11 is 0. The molecular weight excluding hydrogens is 222 g/mol. The van der Waals surface area contributed by atoms with Crippen LogP contribution in [0.1, 0.15) is 51.7 Å². The topological polar surface area (TPSA) is 21.3 Å². The van der Waals surface area contributed by atoms with Gasteiger partial charge in [0.05, 0.1) is 7.11 Å². The van der Waals surface area contributed by atoms with Gasteiger partial charge in [-0.2, -0.15) is 0 Å². The van der Waals surface area contributed by atoms with Crippen LogP contribution >= 0.6 is 0 Å². The van der Waals surface area contributed by atoms with Gasteiger partial charge in [-0.15, -0.1) is 0 Å². The quantitative estimate of drug-likeness (QED) is 0.858. The zero-order valence-electron chi connectivity index (χ0n) is 12.6. The Hall–Kier alpha value is -1.02. The molecule has 0 saturated heterocycles.